The lowest BCUT2D eigenvalue weighted by Crippen LogP contribution is -2.00. The van der Waals surface area contributed by atoms with E-state index in [0.29, 0.717) is 17.5 Å². The van der Waals surface area contributed by atoms with Crippen molar-refractivity contribution in [1.82, 2.24) is 15.0 Å². The molecule has 0 bridgehead atoms. The van der Waals surface area contributed by atoms with Gasteiger partial charge in [0.2, 0.25) is 0 Å². The zero-order chi connectivity index (χ0) is 37.0. The van der Waals surface area contributed by atoms with Crippen LogP contribution >= 0.6 is 11.3 Å². The second-order valence-corrected chi connectivity index (χ2v) is 15.1. The Morgan fingerprint density at radius 3 is 1.55 bits per heavy atom. The molecule has 0 fully saturated rings. The first-order chi connectivity index (χ1) is 27.7. The molecular weight excluding hydrogens is 703 g/mol. The number of benzene rings is 8. The predicted octanol–water partition coefficient (Wildman–Crippen LogP) is 14.1. The Bertz CT molecular complexity index is 3240. The van der Waals surface area contributed by atoms with Gasteiger partial charge in [-0.2, -0.15) is 0 Å². The third-order valence-corrected chi connectivity index (χ3v) is 11.7. The zero-order valence-corrected chi connectivity index (χ0v) is 30.9. The predicted molar refractivity (Wildman–Crippen MR) is 233 cm³/mol. The molecule has 262 valence electrons. The second-order valence-electron chi connectivity index (χ2n) is 14.0. The summed E-state index contributed by atoms with van der Waals surface area (Å²) in [6.07, 6.45) is 0. The van der Waals surface area contributed by atoms with Crippen molar-refractivity contribution < 1.29 is 4.42 Å². The molecule has 5 heteroatoms. The van der Waals surface area contributed by atoms with Crippen LogP contribution in [0.25, 0.3) is 110 Å². The number of hydrogen-bond acceptors (Lipinski definition) is 5. The minimum atomic E-state index is 0.591. The highest BCUT2D eigenvalue weighted by Gasteiger charge is 2.17. The van der Waals surface area contributed by atoms with E-state index in [9.17, 15) is 0 Å². The molecule has 11 aromatic rings. The lowest BCUT2D eigenvalue weighted by atomic mass is 9.93. The zero-order valence-electron chi connectivity index (χ0n) is 30.1. The molecule has 0 aliphatic carbocycles. The van der Waals surface area contributed by atoms with Crippen LogP contribution < -0.4 is 0 Å². The first kappa shape index (κ1) is 32.2. The van der Waals surface area contributed by atoms with E-state index >= 15 is 0 Å². The third kappa shape index (κ3) is 5.65. The van der Waals surface area contributed by atoms with E-state index in [1.54, 1.807) is 0 Å². The molecule has 0 unspecified atom stereocenters. The van der Waals surface area contributed by atoms with E-state index in [4.69, 9.17) is 19.4 Å². The van der Waals surface area contributed by atoms with Gasteiger partial charge in [0.1, 0.15) is 11.2 Å². The van der Waals surface area contributed by atoms with E-state index in [0.717, 1.165) is 49.8 Å². The Hall–Kier alpha value is -7.21. The van der Waals surface area contributed by atoms with Gasteiger partial charge >= 0.3 is 0 Å². The van der Waals surface area contributed by atoms with Crippen molar-refractivity contribution in [3.05, 3.63) is 188 Å². The van der Waals surface area contributed by atoms with Crippen LogP contribution in [0.4, 0.5) is 0 Å². The number of hydrogen-bond donors (Lipinski definition) is 0. The fraction of sp³-hybridized carbons (Fsp3) is 0. The summed E-state index contributed by atoms with van der Waals surface area (Å²) in [5.74, 6) is 1.83. The maximum Gasteiger partial charge on any atom is 0.164 e. The van der Waals surface area contributed by atoms with Crippen LogP contribution in [0.3, 0.4) is 0 Å². The summed E-state index contributed by atoms with van der Waals surface area (Å²) in [6, 6.07) is 65.8. The van der Waals surface area contributed by atoms with Gasteiger partial charge in [0.25, 0.3) is 0 Å². The van der Waals surface area contributed by atoms with Crippen molar-refractivity contribution in [1.29, 1.82) is 0 Å². The van der Waals surface area contributed by atoms with Gasteiger partial charge in [-0.1, -0.05) is 152 Å². The average Bonchev–Trinajstić information content (AvgIpc) is 3.84. The van der Waals surface area contributed by atoms with Gasteiger partial charge in [0, 0.05) is 47.6 Å². The van der Waals surface area contributed by atoms with Gasteiger partial charge in [0.05, 0.1) is 0 Å². The summed E-state index contributed by atoms with van der Waals surface area (Å²) in [5.41, 5.74) is 11.4. The molecule has 3 heterocycles. The van der Waals surface area contributed by atoms with Crippen molar-refractivity contribution in [2.24, 2.45) is 0 Å². The van der Waals surface area contributed by atoms with Gasteiger partial charge in [-0.25, -0.2) is 15.0 Å². The lowest BCUT2D eigenvalue weighted by Gasteiger charge is -2.11. The Balaban J connectivity index is 0.980. The van der Waals surface area contributed by atoms with E-state index in [2.05, 4.69) is 152 Å². The fourth-order valence-corrected chi connectivity index (χ4v) is 8.90. The summed E-state index contributed by atoms with van der Waals surface area (Å²) >= 11 is 1.85. The Morgan fingerprint density at radius 1 is 0.304 bits per heavy atom. The number of aromatic nitrogens is 3. The standard InChI is InChI=1S/C51H31N3OS/c1-3-11-32(12-4-1)33-19-21-35(22-20-33)50-52-49(34-13-5-2-6-14-34)53-51(54-50)38-24-26-41-44-29-36(25-28-45(44)55-46(41)30-38)39-15-7-8-16-40(39)37-23-27-43-42-17-9-10-18-47(42)56-48(43)31-37/h1-31H. The molecular formula is C51H31N3OS. The van der Waals surface area contributed by atoms with Gasteiger partial charge in [-0.15, -0.1) is 11.3 Å². The average molecular weight is 734 g/mol. The number of nitrogens with zero attached hydrogens (tertiary/aromatic N) is 3. The topological polar surface area (TPSA) is 51.8 Å². The minimum Gasteiger partial charge on any atom is -0.456 e. The maximum absolute atomic E-state index is 6.51. The molecule has 0 saturated carbocycles. The summed E-state index contributed by atoms with van der Waals surface area (Å²) in [5, 5.41) is 4.73. The lowest BCUT2D eigenvalue weighted by molar-refractivity contribution is 0.669. The molecule has 0 aliphatic heterocycles. The van der Waals surface area contributed by atoms with Crippen LogP contribution in [0.15, 0.2) is 192 Å². The molecule has 0 amide bonds. The molecule has 8 aromatic carbocycles. The highest BCUT2D eigenvalue weighted by atomic mass is 32.1. The van der Waals surface area contributed by atoms with Crippen LogP contribution in [0.5, 0.6) is 0 Å². The smallest absolute Gasteiger partial charge is 0.164 e. The molecule has 0 N–H and O–H groups in total. The van der Waals surface area contributed by atoms with Crippen molar-refractivity contribution in [3.63, 3.8) is 0 Å². The monoisotopic (exact) mass is 733 g/mol. The molecule has 4 nitrogen and oxygen atoms in total. The molecule has 0 spiro atoms. The number of rotatable bonds is 6. The second kappa shape index (κ2) is 13.3. The van der Waals surface area contributed by atoms with Crippen molar-refractivity contribution >= 4 is 53.4 Å². The molecule has 11 rings (SSSR count). The Morgan fingerprint density at radius 2 is 0.804 bits per heavy atom. The van der Waals surface area contributed by atoms with Gasteiger partial charge in [-0.3, -0.25) is 0 Å². The quantitative estimate of drug-likeness (QED) is 0.171. The highest BCUT2D eigenvalue weighted by Crippen LogP contribution is 2.41. The van der Waals surface area contributed by atoms with E-state index in [1.807, 2.05) is 47.7 Å². The number of thiophene rings is 1. The van der Waals surface area contributed by atoms with E-state index in [-0.39, 0.29) is 0 Å². The molecule has 0 saturated heterocycles. The highest BCUT2D eigenvalue weighted by molar-refractivity contribution is 7.25. The normalized spacial score (nSPS) is 11.6. The Labute approximate surface area is 327 Å². The largest absolute Gasteiger partial charge is 0.456 e. The Kier molecular flexibility index (Phi) is 7.64. The van der Waals surface area contributed by atoms with Crippen LogP contribution in [-0.2, 0) is 0 Å². The molecule has 0 atom stereocenters. The molecule has 0 aliphatic rings. The molecule has 0 radical (unpaired) electrons. The first-order valence-corrected chi connectivity index (χ1v) is 19.5. The van der Waals surface area contributed by atoms with Crippen LogP contribution in [0.2, 0.25) is 0 Å². The molecule has 3 aromatic heterocycles. The number of furan rings is 1. The summed E-state index contributed by atoms with van der Waals surface area (Å²) in [7, 11) is 0. The summed E-state index contributed by atoms with van der Waals surface area (Å²) in [6.45, 7) is 0. The summed E-state index contributed by atoms with van der Waals surface area (Å²) < 4.78 is 9.13. The minimum absolute atomic E-state index is 0.591. The van der Waals surface area contributed by atoms with E-state index < -0.39 is 0 Å². The summed E-state index contributed by atoms with van der Waals surface area (Å²) in [4.78, 5) is 15.0. The van der Waals surface area contributed by atoms with Crippen molar-refractivity contribution in [2.45, 2.75) is 0 Å². The van der Waals surface area contributed by atoms with E-state index in [1.165, 1.54) is 42.4 Å². The van der Waals surface area contributed by atoms with Crippen molar-refractivity contribution in [3.8, 4) is 67.5 Å². The molecule has 56 heavy (non-hydrogen) atoms. The van der Waals surface area contributed by atoms with Gasteiger partial charge < -0.3 is 4.42 Å². The first-order valence-electron chi connectivity index (χ1n) is 18.7. The van der Waals surface area contributed by atoms with Crippen LogP contribution in [-0.4, -0.2) is 15.0 Å². The van der Waals surface area contributed by atoms with Crippen LogP contribution in [0, 0.1) is 0 Å². The van der Waals surface area contributed by atoms with Crippen molar-refractivity contribution in [2.75, 3.05) is 0 Å². The SMILES string of the molecule is c1ccc(-c2ccc(-c3nc(-c4ccccc4)nc(-c4ccc5c(c4)oc4ccc(-c6ccccc6-c6ccc7c(c6)sc6ccccc67)cc45)n3)cc2)cc1. The van der Waals surface area contributed by atoms with Crippen LogP contribution in [0.1, 0.15) is 0 Å². The fourth-order valence-electron chi connectivity index (χ4n) is 7.76. The maximum atomic E-state index is 6.51. The van der Waals surface area contributed by atoms with Gasteiger partial charge in [-0.05, 0) is 69.8 Å². The van der Waals surface area contributed by atoms with Gasteiger partial charge in [0.15, 0.2) is 17.5 Å². The third-order valence-electron chi connectivity index (χ3n) is 10.6. The number of fused-ring (bicyclic) bond motifs is 6.